The minimum atomic E-state index is -0.651. The van der Waals surface area contributed by atoms with Crippen molar-refractivity contribution in [2.75, 3.05) is 19.6 Å². The molecular weight excluding hydrogens is 310 g/mol. The van der Waals surface area contributed by atoms with Crippen LogP contribution in [0.2, 0.25) is 0 Å². The van der Waals surface area contributed by atoms with E-state index in [9.17, 15) is 15.0 Å². The Kier molecular flexibility index (Phi) is 5.10. The van der Waals surface area contributed by atoms with Gasteiger partial charge < -0.3 is 10.2 Å². The summed E-state index contributed by atoms with van der Waals surface area (Å²) in [6, 6.07) is 7.35. The molecular formula is C14H18BrNO3. The number of nitrogens with zero attached hydrogens (tertiary/aromatic N) is 1. The summed E-state index contributed by atoms with van der Waals surface area (Å²) in [6.07, 6.45) is -0.0667. The van der Waals surface area contributed by atoms with Crippen molar-refractivity contribution in [1.29, 1.82) is 0 Å². The van der Waals surface area contributed by atoms with Gasteiger partial charge in [-0.15, -0.1) is 0 Å². The maximum atomic E-state index is 11.9. The molecule has 2 N–H and O–H groups in total. The number of aliphatic hydroxyl groups excluding tert-OH is 2. The van der Waals surface area contributed by atoms with Crippen LogP contribution in [-0.4, -0.2) is 52.7 Å². The topological polar surface area (TPSA) is 60.8 Å². The molecule has 1 aliphatic rings. The Morgan fingerprint density at radius 2 is 1.79 bits per heavy atom. The zero-order chi connectivity index (χ0) is 13.8. The first-order chi connectivity index (χ1) is 9.06. The molecule has 0 radical (unpaired) electrons. The number of carbonyl (C=O) groups excluding carboxylic acids is 1. The first-order valence-electron chi connectivity index (χ1n) is 6.43. The van der Waals surface area contributed by atoms with Crippen molar-refractivity contribution in [3.8, 4) is 0 Å². The summed E-state index contributed by atoms with van der Waals surface area (Å²) >= 11 is 3.34. The van der Waals surface area contributed by atoms with Gasteiger partial charge in [0.1, 0.15) is 0 Å². The van der Waals surface area contributed by atoms with Crippen LogP contribution in [-0.2, 0) is 0 Å². The Balaban J connectivity index is 1.74. The third kappa shape index (κ3) is 4.11. The minimum absolute atomic E-state index is 0.132. The summed E-state index contributed by atoms with van der Waals surface area (Å²) in [5.74, 6) is 0.132. The Bertz CT molecular complexity index is 425. The number of likely N-dealkylation sites (tertiary alicyclic amines) is 1. The highest BCUT2D eigenvalue weighted by Gasteiger charge is 2.28. The standard InChI is InChI=1S/C14H18BrNO3/c15-11-5-3-10(4-6-11)12(17)2-1-7-16-8-13(18)14(19)9-16/h3-6,13-14,18-19H,1-2,7-9H2. The second-order valence-electron chi connectivity index (χ2n) is 4.93. The van der Waals surface area contributed by atoms with E-state index in [0.717, 1.165) is 23.0 Å². The quantitative estimate of drug-likeness (QED) is 0.803. The summed E-state index contributed by atoms with van der Waals surface area (Å²) < 4.78 is 0.962. The van der Waals surface area contributed by atoms with Gasteiger partial charge in [-0.2, -0.15) is 0 Å². The van der Waals surface area contributed by atoms with Gasteiger partial charge in [0, 0.05) is 29.5 Å². The van der Waals surface area contributed by atoms with Crippen LogP contribution in [0.5, 0.6) is 0 Å². The van der Waals surface area contributed by atoms with Gasteiger partial charge in [-0.25, -0.2) is 0 Å². The van der Waals surface area contributed by atoms with Gasteiger partial charge in [0.15, 0.2) is 5.78 Å². The lowest BCUT2D eigenvalue weighted by molar-refractivity contribution is 0.0572. The second kappa shape index (κ2) is 6.61. The van der Waals surface area contributed by atoms with Crippen LogP contribution in [0.15, 0.2) is 28.7 Å². The number of rotatable bonds is 5. The van der Waals surface area contributed by atoms with E-state index in [2.05, 4.69) is 15.9 Å². The Labute approximate surface area is 121 Å². The van der Waals surface area contributed by atoms with E-state index in [1.807, 2.05) is 29.2 Å². The van der Waals surface area contributed by atoms with E-state index in [-0.39, 0.29) is 5.78 Å². The second-order valence-corrected chi connectivity index (χ2v) is 5.84. The third-order valence-electron chi connectivity index (χ3n) is 3.38. The maximum absolute atomic E-state index is 11.9. The van der Waals surface area contributed by atoms with Crippen LogP contribution >= 0.6 is 15.9 Å². The van der Waals surface area contributed by atoms with Gasteiger partial charge in [-0.1, -0.05) is 28.1 Å². The molecule has 1 aromatic rings. The Morgan fingerprint density at radius 1 is 1.21 bits per heavy atom. The highest BCUT2D eigenvalue weighted by Crippen LogP contribution is 2.14. The predicted molar refractivity (Wildman–Crippen MR) is 76.2 cm³/mol. The third-order valence-corrected chi connectivity index (χ3v) is 3.91. The fourth-order valence-corrected chi connectivity index (χ4v) is 2.54. The first kappa shape index (κ1) is 14.7. The molecule has 0 aromatic heterocycles. The molecule has 2 rings (SSSR count). The van der Waals surface area contributed by atoms with E-state index in [0.29, 0.717) is 19.5 Å². The van der Waals surface area contributed by atoms with E-state index in [4.69, 9.17) is 0 Å². The summed E-state index contributed by atoms with van der Waals surface area (Å²) in [6.45, 7) is 1.72. The van der Waals surface area contributed by atoms with Gasteiger partial charge in [0.2, 0.25) is 0 Å². The first-order valence-corrected chi connectivity index (χ1v) is 7.23. The molecule has 0 saturated carbocycles. The zero-order valence-corrected chi connectivity index (χ0v) is 12.2. The molecule has 0 bridgehead atoms. The van der Waals surface area contributed by atoms with Crippen LogP contribution in [0.1, 0.15) is 23.2 Å². The lowest BCUT2D eigenvalue weighted by Crippen LogP contribution is -2.23. The highest BCUT2D eigenvalue weighted by atomic mass is 79.9. The highest BCUT2D eigenvalue weighted by molar-refractivity contribution is 9.10. The molecule has 0 amide bonds. The smallest absolute Gasteiger partial charge is 0.162 e. The molecule has 0 spiro atoms. The van der Waals surface area contributed by atoms with Gasteiger partial charge in [-0.05, 0) is 25.1 Å². The fourth-order valence-electron chi connectivity index (χ4n) is 2.27. The Morgan fingerprint density at radius 3 is 2.37 bits per heavy atom. The molecule has 2 unspecified atom stereocenters. The number of benzene rings is 1. The Hall–Kier alpha value is -0.750. The number of aliphatic hydroxyl groups is 2. The molecule has 5 heteroatoms. The van der Waals surface area contributed by atoms with Gasteiger partial charge in [-0.3, -0.25) is 9.69 Å². The van der Waals surface area contributed by atoms with Crippen LogP contribution in [0, 0.1) is 0 Å². The van der Waals surface area contributed by atoms with E-state index >= 15 is 0 Å². The number of hydrogen-bond acceptors (Lipinski definition) is 4. The SMILES string of the molecule is O=C(CCCN1CC(O)C(O)C1)c1ccc(Br)cc1. The van der Waals surface area contributed by atoms with Crippen LogP contribution < -0.4 is 0 Å². The van der Waals surface area contributed by atoms with E-state index in [1.54, 1.807) is 0 Å². The van der Waals surface area contributed by atoms with Crippen molar-refractivity contribution in [1.82, 2.24) is 4.90 Å². The fraction of sp³-hybridized carbons (Fsp3) is 0.500. The molecule has 1 fully saturated rings. The van der Waals surface area contributed by atoms with Crippen molar-refractivity contribution in [2.24, 2.45) is 0 Å². The summed E-state index contributed by atoms with van der Waals surface area (Å²) in [5.41, 5.74) is 0.727. The van der Waals surface area contributed by atoms with Crippen molar-refractivity contribution in [2.45, 2.75) is 25.0 Å². The van der Waals surface area contributed by atoms with Crippen LogP contribution in [0.4, 0.5) is 0 Å². The number of halogens is 1. The van der Waals surface area contributed by atoms with Crippen LogP contribution in [0.3, 0.4) is 0 Å². The predicted octanol–water partition coefficient (Wildman–Crippen LogP) is 1.45. The molecule has 1 aromatic carbocycles. The van der Waals surface area contributed by atoms with Crippen LogP contribution in [0.25, 0.3) is 0 Å². The monoisotopic (exact) mass is 327 g/mol. The average Bonchev–Trinajstić information content (AvgIpc) is 2.69. The molecule has 4 nitrogen and oxygen atoms in total. The van der Waals surface area contributed by atoms with Crippen molar-refractivity contribution < 1.29 is 15.0 Å². The van der Waals surface area contributed by atoms with Gasteiger partial charge >= 0.3 is 0 Å². The number of Topliss-reactive ketones (excluding diaryl/α,β-unsaturated/α-hetero) is 1. The van der Waals surface area contributed by atoms with Gasteiger partial charge in [0.05, 0.1) is 12.2 Å². The summed E-state index contributed by atoms with van der Waals surface area (Å²) in [7, 11) is 0. The zero-order valence-electron chi connectivity index (χ0n) is 10.6. The van der Waals surface area contributed by atoms with E-state index < -0.39 is 12.2 Å². The molecule has 1 aliphatic heterocycles. The summed E-state index contributed by atoms with van der Waals surface area (Å²) in [5, 5.41) is 18.8. The molecule has 1 heterocycles. The van der Waals surface area contributed by atoms with Gasteiger partial charge in [0.25, 0.3) is 0 Å². The molecule has 0 aliphatic carbocycles. The van der Waals surface area contributed by atoms with Crippen molar-refractivity contribution >= 4 is 21.7 Å². The number of carbonyl (C=O) groups is 1. The largest absolute Gasteiger partial charge is 0.389 e. The van der Waals surface area contributed by atoms with Crippen molar-refractivity contribution in [3.05, 3.63) is 34.3 Å². The van der Waals surface area contributed by atoms with Crippen molar-refractivity contribution in [3.63, 3.8) is 0 Å². The number of β-amino-alcohol motifs (C(OH)–C–C–N with tert-alkyl or cyclic N) is 2. The number of hydrogen-bond donors (Lipinski definition) is 2. The molecule has 1 saturated heterocycles. The summed E-state index contributed by atoms with van der Waals surface area (Å²) in [4.78, 5) is 13.9. The lowest BCUT2D eigenvalue weighted by atomic mass is 10.1. The average molecular weight is 328 g/mol. The molecule has 104 valence electrons. The molecule has 2 atom stereocenters. The maximum Gasteiger partial charge on any atom is 0.162 e. The van der Waals surface area contributed by atoms with E-state index in [1.165, 1.54) is 0 Å². The minimum Gasteiger partial charge on any atom is -0.389 e. The number of ketones is 1. The lowest BCUT2D eigenvalue weighted by Gasteiger charge is -2.13. The normalized spacial score (nSPS) is 23.7. The molecule has 19 heavy (non-hydrogen) atoms.